The first-order valence-electron chi connectivity index (χ1n) is 10.8. The second-order valence-electron chi connectivity index (χ2n) is 8.82. The molecule has 4 atom stereocenters. The lowest BCUT2D eigenvalue weighted by atomic mass is 9.88. The van der Waals surface area contributed by atoms with Crippen LogP contribution in [0.4, 0.5) is 13.2 Å². The van der Waals surface area contributed by atoms with Gasteiger partial charge in [0, 0.05) is 49.3 Å². The summed E-state index contributed by atoms with van der Waals surface area (Å²) >= 11 is 0. The summed E-state index contributed by atoms with van der Waals surface area (Å²) in [6.07, 6.45) is 0.122. The predicted octanol–water partition coefficient (Wildman–Crippen LogP) is 2.32. The van der Waals surface area contributed by atoms with Crippen LogP contribution >= 0.6 is 0 Å². The second-order valence-corrected chi connectivity index (χ2v) is 8.82. The molecule has 1 amide bonds. The fourth-order valence-corrected chi connectivity index (χ4v) is 5.12. The lowest BCUT2D eigenvalue weighted by molar-refractivity contribution is -0.143. The van der Waals surface area contributed by atoms with Crippen molar-refractivity contribution in [3.05, 3.63) is 39.8 Å². The van der Waals surface area contributed by atoms with E-state index in [-0.39, 0.29) is 37.1 Å². The average Bonchev–Trinajstić information content (AvgIpc) is 3.39. The number of amides is 1. The Labute approximate surface area is 178 Å². The summed E-state index contributed by atoms with van der Waals surface area (Å²) in [7, 11) is 0. The van der Waals surface area contributed by atoms with Crippen molar-refractivity contribution in [2.45, 2.75) is 51.0 Å². The van der Waals surface area contributed by atoms with Gasteiger partial charge in [-0.3, -0.25) is 14.5 Å². The first kappa shape index (κ1) is 22.1. The highest BCUT2D eigenvalue weighted by Crippen LogP contribution is 2.49. The van der Waals surface area contributed by atoms with E-state index >= 15 is 0 Å². The predicted molar refractivity (Wildman–Crippen MR) is 109 cm³/mol. The van der Waals surface area contributed by atoms with Gasteiger partial charge in [-0.15, -0.1) is 0 Å². The van der Waals surface area contributed by atoms with E-state index in [9.17, 15) is 27.9 Å². The molecule has 0 radical (unpaired) electrons. The van der Waals surface area contributed by atoms with Crippen LogP contribution in [0.15, 0.2) is 23.0 Å². The van der Waals surface area contributed by atoms with Gasteiger partial charge < -0.3 is 15.0 Å². The lowest BCUT2D eigenvalue weighted by Gasteiger charge is -2.31. The normalized spacial score (nSPS) is 28.2. The third kappa shape index (κ3) is 4.30. The third-order valence-corrected chi connectivity index (χ3v) is 6.75. The first-order valence-corrected chi connectivity index (χ1v) is 10.8. The molecule has 0 bridgehead atoms. The van der Waals surface area contributed by atoms with Crippen LogP contribution in [0.2, 0.25) is 0 Å². The quantitative estimate of drug-likeness (QED) is 0.684. The maximum Gasteiger partial charge on any atom is 0.390 e. The van der Waals surface area contributed by atoms with Crippen LogP contribution in [-0.2, 0) is 11.3 Å². The Bertz CT molecular complexity index is 923. The molecule has 2 aliphatic heterocycles. The summed E-state index contributed by atoms with van der Waals surface area (Å²) in [5.74, 6) is -0.738. The topological polar surface area (TPSA) is 74.6 Å². The number of nitrogens with zero attached hydrogens (tertiary/aromatic N) is 2. The number of carbonyl (C=O) groups is 1. The third-order valence-electron chi connectivity index (χ3n) is 6.75. The smallest absolute Gasteiger partial charge is 0.390 e. The molecule has 1 aliphatic carbocycles. The van der Waals surface area contributed by atoms with Crippen LogP contribution in [0.25, 0.3) is 6.08 Å². The molecule has 2 N–H and O–H groups in total. The van der Waals surface area contributed by atoms with Crippen LogP contribution in [0, 0.1) is 17.8 Å². The number of fused-ring (bicyclic) bond motifs is 3. The highest BCUT2D eigenvalue weighted by Gasteiger charge is 2.55. The molecule has 0 unspecified atom stereocenters. The minimum Gasteiger partial charge on any atom is -0.396 e. The minimum absolute atomic E-state index is 0.202. The number of pyridine rings is 1. The Hall–Kier alpha value is -2.13. The molecule has 3 heterocycles. The first-order chi connectivity index (χ1) is 14.7. The molecular formula is C22H28F3N3O3. The van der Waals surface area contributed by atoms with Crippen molar-refractivity contribution in [1.29, 1.82) is 0 Å². The Morgan fingerprint density at radius 1 is 1.32 bits per heavy atom. The van der Waals surface area contributed by atoms with Crippen LogP contribution in [0.5, 0.6) is 0 Å². The molecule has 1 aromatic heterocycles. The summed E-state index contributed by atoms with van der Waals surface area (Å²) in [5, 5.41) is 13.0. The van der Waals surface area contributed by atoms with Crippen LogP contribution in [0.1, 0.15) is 43.5 Å². The summed E-state index contributed by atoms with van der Waals surface area (Å²) in [6.45, 7) is 1.92. The fraction of sp³-hybridized carbons (Fsp3) is 0.636. The number of rotatable bonds is 7. The van der Waals surface area contributed by atoms with Gasteiger partial charge in [0.1, 0.15) is 0 Å². The molecule has 1 saturated carbocycles. The Morgan fingerprint density at radius 2 is 2.06 bits per heavy atom. The van der Waals surface area contributed by atoms with Gasteiger partial charge in [-0.05, 0) is 37.8 Å². The van der Waals surface area contributed by atoms with Crippen LogP contribution in [0.3, 0.4) is 0 Å². The van der Waals surface area contributed by atoms with Gasteiger partial charge in [0.15, 0.2) is 0 Å². The molecular weight excluding hydrogens is 411 g/mol. The van der Waals surface area contributed by atoms with Crippen molar-refractivity contribution in [2.75, 3.05) is 19.7 Å². The Kier molecular flexibility index (Phi) is 6.00. The van der Waals surface area contributed by atoms with Crippen molar-refractivity contribution in [3.63, 3.8) is 0 Å². The van der Waals surface area contributed by atoms with Crippen molar-refractivity contribution in [1.82, 2.24) is 14.8 Å². The number of hydrogen-bond acceptors (Lipinski definition) is 4. The molecule has 1 saturated heterocycles. The maximum atomic E-state index is 13.1. The van der Waals surface area contributed by atoms with Crippen LogP contribution < -0.4 is 10.9 Å². The molecule has 2 fully saturated rings. The molecule has 170 valence electrons. The number of hydrogen-bond donors (Lipinski definition) is 2. The zero-order chi connectivity index (χ0) is 22.3. The van der Waals surface area contributed by atoms with Crippen molar-refractivity contribution < 1.29 is 23.1 Å². The van der Waals surface area contributed by atoms with E-state index in [1.54, 1.807) is 40.7 Å². The van der Waals surface area contributed by atoms with E-state index in [2.05, 4.69) is 5.32 Å². The second kappa shape index (κ2) is 8.43. The summed E-state index contributed by atoms with van der Waals surface area (Å²) in [6, 6.07) is 2.08. The van der Waals surface area contributed by atoms with Gasteiger partial charge >= 0.3 is 6.18 Å². The SMILES string of the molecule is C/C=C\c1ccc2n(c1=O)C[C@@H]1[C@@H](CO)[C@H](C(=O)NCC3CC3)N(CCC(F)(F)F)[C@H]21. The van der Waals surface area contributed by atoms with Gasteiger partial charge in [-0.2, -0.15) is 13.2 Å². The van der Waals surface area contributed by atoms with Crippen LogP contribution in [-0.4, -0.2) is 52.4 Å². The molecule has 31 heavy (non-hydrogen) atoms. The number of carbonyl (C=O) groups excluding carboxylic acids is 1. The molecule has 1 aromatic rings. The molecule has 6 nitrogen and oxygen atoms in total. The fourth-order valence-electron chi connectivity index (χ4n) is 5.12. The van der Waals surface area contributed by atoms with Crippen molar-refractivity contribution in [2.24, 2.45) is 17.8 Å². The number of aliphatic hydroxyl groups is 1. The zero-order valence-electron chi connectivity index (χ0n) is 17.4. The number of aliphatic hydroxyl groups excluding tert-OH is 1. The van der Waals surface area contributed by atoms with Crippen molar-refractivity contribution >= 4 is 12.0 Å². The van der Waals surface area contributed by atoms with E-state index in [1.807, 2.05) is 0 Å². The average molecular weight is 439 g/mol. The number of likely N-dealkylation sites (tertiary alicyclic amines) is 1. The largest absolute Gasteiger partial charge is 0.396 e. The standard InChI is InChI=1S/C22H28F3N3O3/c1-2-3-14-6-7-17-18-15(11-28(17)21(14)31)16(12-29)19(20(30)26-10-13-4-5-13)27(18)9-8-22(23,24)25/h2-3,6-7,13,15-16,18-19,29H,4-5,8-12H2,1H3,(H,26,30)/b3-2-/t15-,16-,18+,19-/m1/s1. The van der Waals surface area contributed by atoms with Gasteiger partial charge in [-0.1, -0.05) is 12.2 Å². The number of aromatic nitrogens is 1. The van der Waals surface area contributed by atoms with E-state index in [1.165, 1.54) is 0 Å². The molecule has 4 rings (SSSR count). The van der Waals surface area contributed by atoms with E-state index in [0.717, 1.165) is 12.8 Å². The number of alkyl halides is 3. The number of nitrogens with one attached hydrogen (secondary N) is 1. The zero-order valence-corrected chi connectivity index (χ0v) is 17.4. The monoisotopic (exact) mass is 439 g/mol. The summed E-state index contributed by atoms with van der Waals surface area (Å²) < 4.78 is 40.8. The number of allylic oxidation sites excluding steroid dienone is 1. The Balaban J connectivity index is 1.69. The highest BCUT2D eigenvalue weighted by molar-refractivity contribution is 5.82. The van der Waals surface area contributed by atoms with Gasteiger partial charge in [0.25, 0.3) is 5.56 Å². The minimum atomic E-state index is -4.37. The molecule has 0 aromatic carbocycles. The highest BCUT2D eigenvalue weighted by atomic mass is 19.4. The number of halogens is 3. The van der Waals surface area contributed by atoms with Gasteiger partial charge in [0.05, 0.1) is 18.5 Å². The van der Waals surface area contributed by atoms with E-state index in [4.69, 9.17) is 0 Å². The maximum absolute atomic E-state index is 13.1. The molecule has 9 heteroatoms. The lowest BCUT2D eigenvalue weighted by Crippen LogP contribution is -2.49. The summed E-state index contributed by atoms with van der Waals surface area (Å²) in [4.78, 5) is 27.4. The van der Waals surface area contributed by atoms with Crippen molar-refractivity contribution in [3.8, 4) is 0 Å². The molecule has 0 spiro atoms. The van der Waals surface area contributed by atoms with Gasteiger partial charge in [0.2, 0.25) is 5.91 Å². The Morgan fingerprint density at radius 3 is 2.68 bits per heavy atom. The van der Waals surface area contributed by atoms with E-state index < -0.39 is 30.6 Å². The molecule has 3 aliphatic rings. The summed E-state index contributed by atoms with van der Waals surface area (Å²) in [5.41, 5.74) is 0.918. The van der Waals surface area contributed by atoms with E-state index in [0.29, 0.717) is 23.7 Å². The van der Waals surface area contributed by atoms with Gasteiger partial charge in [-0.25, -0.2) is 0 Å².